The standard InChI is InChI=1S/C21H20BrN3O2/c1-13(14-4-2-5-17(11-14)25-9-3-6-20(25)26)23-21(27)19-12-15-10-16(22)7-8-18(15)24-19/h2,4-5,7-8,10-13,24H,3,6,9H2,1H3,(H,23,27). The summed E-state index contributed by atoms with van der Waals surface area (Å²) < 4.78 is 0.975. The van der Waals surface area contributed by atoms with Crippen LogP contribution >= 0.6 is 15.9 Å². The van der Waals surface area contributed by atoms with Crippen molar-refractivity contribution in [1.29, 1.82) is 0 Å². The number of carbonyl (C=O) groups excluding carboxylic acids is 2. The van der Waals surface area contributed by atoms with Crippen molar-refractivity contribution in [3.63, 3.8) is 0 Å². The third-order valence-corrected chi connectivity index (χ3v) is 5.42. The molecule has 2 aromatic carbocycles. The highest BCUT2D eigenvalue weighted by Gasteiger charge is 2.22. The summed E-state index contributed by atoms with van der Waals surface area (Å²) in [6, 6.07) is 15.4. The second-order valence-electron chi connectivity index (χ2n) is 6.85. The maximum absolute atomic E-state index is 12.7. The normalized spacial score (nSPS) is 15.3. The van der Waals surface area contributed by atoms with Gasteiger partial charge in [-0.3, -0.25) is 9.59 Å². The van der Waals surface area contributed by atoms with Crippen molar-refractivity contribution in [1.82, 2.24) is 10.3 Å². The Morgan fingerprint density at radius 1 is 1.22 bits per heavy atom. The van der Waals surface area contributed by atoms with Crippen LogP contribution in [-0.4, -0.2) is 23.3 Å². The highest BCUT2D eigenvalue weighted by Crippen LogP contribution is 2.25. The molecule has 138 valence electrons. The highest BCUT2D eigenvalue weighted by molar-refractivity contribution is 9.10. The zero-order valence-electron chi connectivity index (χ0n) is 15.0. The molecule has 0 aliphatic carbocycles. The molecule has 1 atom stereocenters. The van der Waals surface area contributed by atoms with Crippen LogP contribution < -0.4 is 10.2 Å². The number of aromatic amines is 1. The predicted octanol–water partition coefficient (Wildman–Crippen LogP) is 4.55. The van der Waals surface area contributed by atoms with Gasteiger partial charge in [0.1, 0.15) is 5.69 Å². The lowest BCUT2D eigenvalue weighted by atomic mass is 10.1. The van der Waals surface area contributed by atoms with Crippen LogP contribution in [0.2, 0.25) is 0 Å². The number of hydrogen-bond acceptors (Lipinski definition) is 2. The molecule has 0 saturated carbocycles. The van der Waals surface area contributed by atoms with E-state index in [-0.39, 0.29) is 17.9 Å². The maximum Gasteiger partial charge on any atom is 0.268 e. The Labute approximate surface area is 165 Å². The number of benzene rings is 2. The molecule has 2 heterocycles. The van der Waals surface area contributed by atoms with Crippen LogP contribution in [0, 0.1) is 0 Å². The number of hydrogen-bond donors (Lipinski definition) is 2. The number of aromatic nitrogens is 1. The van der Waals surface area contributed by atoms with Gasteiger partial charge in [0.15, 0.2) is 0 Å². The minimum absolute atomic E-state index is 0.155. The van der Waals surface area contributed by atoms with Crippen LogP contribution in [0.3, 0.4) is 0 Å². The monoisotopic (exact) mass is 425 g/mol. The molecule has 1 aliphatic heterocycles. The molecule has 1 unspecified atom stereocenters. The predicted molar refractivity (Wildman–Crippen MR) is 110 cm³/mol. The molecule has 1 aliphatic rings. The van der Waals surface area contributed by atoms with E-state index in [0.29, 0.717) is 12.1 Å². The molecule has 0 radical (unpaired) electrons. The van der Waals surface area contributed by atoms with Crippen molar-refractivity contribution in [2.24, 2.45) is 0 Å². The summed E-state index contributed by atoms with van der Waals surface area (Å²) in [7, 11) is 0. The Morgan fingerprint density at radius 2 is 2.07 bits per heavy atom. The molecule has 1 aromatic heterocycles. The number of rotatable bonds is 4. The van der Waals surface area contributed by atoms with E-state index in [0.717, 1.165) is 39.6 Å². The fraction of sp³-hybridized carbons (Fsp3) is 0.238. The average molecular weight is 426 g/mol. The van der Waals surface area contributed by atoms with E-state index in [4.69, 9.17) is 0 Å². The van der Waals surface area contributed by atoms with Crippen molar-refractivity contribution in [2.45, 2.75) is 25.8 Å². The molecular formula is C21H20BrN3O2. The summed E-state index contributed by atoms with van der Waals surface area (Å²) in [5, 5.41) is 4.01. The van der Waals surface area contributed by atoms with Crippen LogP contribution in [0.25, 0.3) is 10.9 Å². The molecule has 4 rings (SSSR count). The fourth-order valence-electron chi connectivity index (χ4n) is 3.47. The van der Waals surface area contributed by atoms with Crippen molar-refractivity contribution in [3.8, 4) is 0 Å². The Morgan fingerprint density at radius 3 is 2.85 bits per heavy atom. The van der Waals surface area contributed by atoms with Gasteiger partial charge in [-0.1, -0.05) is 28.1 Å². The minimum atomic E-state index is -0.173. The molecule has 0 bridgehead atoms. The van der Waals surface area contributed by atoms with E-state index in [1.54, 1.807) is 0 Å². The smallest absolute Gasteiger partial charge is 0.268 e. The van der Waals surface area contributed by atoms with Crippen molar-refractivity contribution < 1.29 is 9.59 Å². The zero-order valence-corrected chi connectivity index (χ0v) is 16.5. The Kier molecular flexibility index (Phi) is 4.74. The quantitative estimate of drug-likeness (QED) is 0.643. The highest BCUT2D eigenvalue weighted by atomic mass is 79.9. The number of amides is 2. The molecule has 3 aromatic rings. The van der Waals surface area contributed by atoms with E-state index >= 15 is 0 Å². The first kappa shape index (κ1) is 17.8. The van der Waals surface area contributed by atoms with Crippen LogP contribution in [0.1, 0.15) is 41.9 Å². The molecule has 1 saturated heterocycles. The number of H-pyrrole nitrogens is 1. The number of carbonyl (C=O) groups is 2. The van der Waals surface area contributed by atoms with E-state index < -0.39 is 0 Å². The van der Waals surface area contributed by atoms with Gasteiger partial charge < -0.3 is 15.2 Å². The van der Waals surface area contributed by atoms with Gasteiger partial charge in [0.05, 0.1) is 6.04 Å². The first-order valence-electron chi connectivity index (χ1n) is 9.01. The second kappa shape index (κ2) is 7.19. The van der Waals surface area contributed by atoms with Crippen molar-refractivity contribution in [2.75, 3.05) is 11.4 Å². The van der Waals surface area contributed by atoms with Crippen molar-refractivity contribution in [3.05, 3.63) is 64.3 Å². The lowest BCUT2D eigenvalue weighted by Crippen LogP contribution is -2.27. The number of nitrogens with zero attached hydrogens (tertiary/aromatic N) is 1. The fourth-order valence-corrected chi connectivity index (χ4v) is 3.85. The molecule has 5 nitrogen and oxygen atoms in total. The largest absolute Gasteiger partial charge is 0.351 e. The van der Waals surface area contributed by atoms with E-state index in [2.05, 4.69) is 26.2 Å². The number of fused-ring (bicyclic) bond motifs is 1. The Hall–Kier alpha value is -2.60. The molecule has 0 spiro atoms. The first-order chi connectivity index (χ1) is 13.0. The zero-order chi connectivity index (χ0) is 19.0. The lowest BCUT2D eigenvalue weighted by Gasteiger charge is -2.19. The van der Waals surface area contributed by atoms with Crippen molar-refractivity contribution >= 4 is 44.3 Å². The average Bonchev–Trinajstić information content (AvgIpc) is 3.27. The van der Waals surface area contributed by atoms with Gasteiger partial charge in [-0.25, -0.2) is 0 Å². The summed E-state index contributed by atoms with van der Waals surface area (Å²) >= 11 is 3.45. The van der Waals surface area contributed by atoms with Gasteiger partial charge in [0, 0.05) is 34.0 Å². The summed E-state index contributed by atoms with van der Waals surface area (Å²) in [5.74, 6) is 0.00514. The molecular weight excluding hydrogens is 406 g/mol. The summed E-state index contributed by atoms with van der Waals surface area (Å²) in [6.07, 6.45) is 1.50. The third-order valence-electron chi connectivity index (χ3n) is 4.93. The van der Waals surface area contributed by atoms with E-state index in [1.165, 1.54) is 0 Å². The summed E-state index contributed by atoms with van der Waals surface area (Å²) in [6.45, 7) is 2.70. The number of anilines is 1. The van der Waals surface area contributed by atoms with Gasteiger partial charge in [-0.05, 0) is 55.3 Å². The van der Waals surface area contributed by atoms with Gasteiger partial charge in [-0.2, -0.15) is 0 Å². The SMILES string of the molecule is CC(NC(=O)c1cc2cc(Br)ccc2[nH]1)c1cccc(N2CCCC2=O)c1. The lowest BCUT2D eigenvalue weighted by molar-refractivity contribution is -0.117. The number of nitrogens with one attached hydrogen (secondary N) is 2. The number of halogens is 1. The van der Waals surface area contributed by atoms with Crippen LogP contribution in [0.4, 0.5) is 5.69 Å². The maximum atomic E-state index is 12.7. The van der Waals surface area contributed by atoms with Crippen LogP contribution in [-0.2, 0) is 4.79 Å². The van der Waals surface area contributed by atoms with Gasteiger partial charge >= 0.3 is 0 Å². The Balaban J connectivity index is 1.51. The minimum Gasteiger partial charge on any atom is -0.351 e. The van der Waals surface area contributed by atoms with Gasteiger partial charge in [0.2, 0.25) is 5.91 Å². The topological polar surface area (TPSA) is 65.2 Å². The van der Waals surface area contributed by atoms with E-state index in [9.17, 15) is 9.59 Å². The molecule has 1 fully saturated rings. The molecule has 2 amide bonds. The molecule has 27 heavy (non-hydrogen) atoms. The Bertz CT molecular complexity index is 1030. The van der Waals surface area contributed by atoms with Gasteiger partial charge in [0.25, 0.3) is 5.91 Å². The second-order valence-corrected chi connectivity index (χ2v) is 7.77. The van der Waals surface area contributed by atoms with Gasteiger partial charge in [-0.15, -0.1) is 0 Å². The molecule has 6 heteroatoms. The summed E-state index contributed by atoms with van der Waals surface area (Å²) in [4.78, 5) is 29.6. The first-order valence-corrected chi connectivity index (χ1v) is 9.80. The van der Waals surface area contributed by atoms with E-state index in [1.807, 2.05) is 60.4 Å². The molecule has 2 N–H and O–H groups in total. The third kappa shape index (κ3) is 3.62. The summed E-state index contributed by atoms with van der Waals surface area (Å²) in [5.41, 5.74) is 3.32. The van der Waals surface area contributed by atoms with Crippen LogP contribution in [0.5, 0.6) is 0 Å². The van der Waals surface area contributed by atoms with Crippen LogP contribution in [0.15, 0.2) is 53.0 Å².